The summed E-state index contributed by atoms with van der Waals surface area (Å²) in [4.78, 5) is 25.2. The van der Waals surface area contributed by atoms with Gasteiger partial charge in [0.1, 0.15) is 0 Å². The van der Waals surface area contributed by atoms with Crippen LogP contribution in [0.3, 0.4) is 0 Å². The number of aromatic nitrogens is 2. The average molecular weight is 461 g/mol. The number of carbonyl (C=O) groups is 1. The lowest BCUT2D eigenvalue weighted by molar-refractivity contribution is -0.116. The van der Waals surface area contributed by atoms with Gasteiger partial charge in [-0.3, -0.25) is 13.9 Å². The molecule has 0 spiro atoms. The minimum Gasteiger partial charge on any atom is -0.383 e. The van der Waals surface area contributed by atoms with E-state index in [-0.39, 0.29) is 42.1 Å². The molecule has 9 nitrogen and oxygen atoms in total. The number of imidazole rings is 1. The molecular weight excluding hydrogens is 432 g/mol. The molecule has 0 fully saturated rings. The van der Waals surface area contributed by atoms with Crippen LogP contribution in [0.1, 0.15) is 20.3 Å². The number of hydrogen-bond acceptors (Lipinski definition) is 5. The zero-order valence-corrected chi connectivity index (χ0v) is 19.2. The molecule has 2 N–H and O–H groups in total. The molecule has 0 saturated carbocycles. The molecule has 172 valence electrons. The van der Waals surface area contributed by atoms with Crippen molar-refractivity contribution in [2.24, 2.45) is 0 Å². The highest BCUT2D eigenvalue weighted by Crippen LogP contribution is 2.16. The van der Waals surface area contributed by atoms with Crippen LogP contribution in [0.2, 0.25) is 0 Å². The highest BCUT2D eigenvalue weighted by atomic mass is 32.2. The van der Waals surface area contributed by atoms with Crippen LogP contribution < -0.4 is 15.7 Å². The summed E-state index contributed by atoms with van der Waals surface area (Å²) in [5.41, 5.74) is 1.95. The van der Waals surface area contributed by atoms with Gasteiger partial charge in [-0.15, -0.1) is 0 Å². The van der Waals surface area contributed by atoms with Gasteiger partial charge in [0.05, 0.1) is 22.5 Å². The van der Waals surface area contributed by atoms with Gasteiger partial charge in [-0.1, -0.05) is 12.1 Å². The molecule has 3 rings (SSSR count). The summed E-state index contributed by atoms with van der Waals surface area (Å²) in [7, 11) is -2.18. The number of nitrogens with one attached hydrogen (secondary N) is 2. The van der Waals surface area contributed by atoms with E-state index in [1.807, 2.05) is 31.2 Å². The molecule has 0 aliphatic heterocycles. The monoisotopic (exact) mass is 460 g/mol. The van der Waals surface area contributed by atoms with E-state index in [9.17, 15) is 18.0 Å². The van der Waals surface area contributed by atoms with Gasteiger partial charge in [-0.05, 0) is 50.2 Å². The van der Waals surface area contributed by atoms with Crippen LogP contribution in [-0.4, -0.2) is 43.2 Å². The van der Waals surface area contributed by atoms with Gasteiger partial charge < -0.3 is 10.1 Å². The summed E-state index contributed by atoms with van der Waals surface area (Å²) in [6.45, 7) is 4.66. The quantitative estimate of drug-likeness (QED) is 0.482. The van der Waals surface area contributed by atoms with Gasteiger partial charge in [0.15, 0.2) is 0 Å². The summed E-state index contributed by atoms with van der Waals surface area (Å²) >= 11 is 0. The first-order valence-electron chi connectivity index (χ1n) is 10.4. The Morgan fingerprint density at radius 2 is 1.69 bits per heavy atom. The third kappa shape index (κ3) is 5.26. The Morgan fingerprint density at radius 1 is 1.06 bits per heavy atom. The molecule has 1 atom stereocenters. The largest absolute Gasteiger partial charge is 0.383 e. The summed E-state index contributed by atoms with van der Waals surface area (Å²) in [5, 5.41) is 2.74. The molecule has 0 aliphatic rings. The van der Waals surface area contributed by atoms with Crippen LogP contribution in [-0.2, 0) is 32.6 Å². The van der Waals surface area contributed by atoms with Gasteiger partial charge in [-0.2, -0.15) is 0 Å². The van der Waals surface area contributed by atoms with Crippen LogP contribution >= 0.6 is 0 Å². The highest BCUT2D eigenvalue weighted by Gasteiger charge is 2.17. The third-order valence-electron chi connectivity index (χ3n) is 5.03. The Kier molecular flexibility index (Phi) is 7.49. The smallest absolute Gasteiger partial charge is 0.329 e. The Hall–Kier alpha value is -2.95. The van der Waals surface area contributed by atoms with Crippen LogP contribution in [0.25, 0.3) is 11.0 Å². The lowest BCUT2D eigenvalue weighted by atomic mass is 10.3. The zero-order chi connectivity index (χ0) is 23.3. The Labute approximate surface area is 187 Å². The van der Waals surface area contributed by atoms with E-state index in [1.165, 1.54) is 31.4 Å². The van der Waals surface area contributed by atoms with E-state index in [1.54, 1.807) is 16.1 Å². The normalized spacial score (nSPS) is 12.7. The van der Waals surface area contributed by atoms with E-state index in [0.717, 1.165) is 11.0 Å². The summed E-state index contributed by atoms with van der Waals surface area (Å²) in [6, 6.07) is 13.0. The molecule has 0 bridgehead atoms. The maximum Gasteiger partial charge on any atom is 0.329 e. The SMILES string of the molecule is CCn1c(=O)n(CCC(=O)Nc2ccc(S(=O)(=O)N[C@H](C)COC)cc2)c2ccccc21. The van der Waals surface area contributed by atoms with Crippen molar-refractivity contribution in [2.75, 3.05) is 19.0 Å². The van der Waals surface area contributed by atoms with Gasteiger partial charge in [-0.25, -0.2) is 17.9 Å². The van der Waals surface area contributed by atoms with Crippen LogP contribution in [0.15, 0.2) is 58.2 Å². The second-order valence-corrected chi connectivity index (χ2v) is 9.18. The first-order chi connectivity index (χ1) is 15.3. The molecule has 0 aliphatic carbocycles. The predicted octanol–water partition coefficient (Wildman–Crippen LogP) is 2.16. The molecule has 1 amide bonds. The molecule has 0 saturated heterocycles. The van der Waals surface area contributed by atoms with E-state index >= 15 is 0 Å². The number of sulfonamides is 1. The number of para-hydroxylation sites is 2. The maximum absolute atomic E-state index is 12.7. The van der Waals surface area contributed by atoms with Crippen molar-refractivity contribution in [3.63, 3.8) is 0 Å². The Bertz CT molecular complexity index is 1250. The molecule has 10 heteroatoms. The lowest BCUT2D eigenvalue weighted by Crippen LogP contribution is -2.35. The van der Waals surface area contributed by atoms with Crippen LogP contribution in [0.4, 0.5) is 5.69 Å². The van der Waals surface area contributed by atoms with E-state index in [2.05, 4.69) is 10.0 Å². The first kappa shape index (κ1) is 23.7. The molecule has 1 aromatic heterocycles. The first-order valence-corrected chi connectivity index (χ1v) is 11.8. The van der Waals surface area contributed by atoms with E-state index < -0.39 is 10.0 Å². The fourth-order valence-electron chi connectivity index (χ4n) is 3.57. The number of rotatable bonds is 10. The van der Waals surface area contributed by atoms with Crippen molar-refractivity contribution in [3.05, 3.63) is 59.0 Å². The molecule has 3 aromatic rings. The molecular formula is C22H28N4O5S. The summed E-state index contributed by atoms with van der Waals surface area (Å²) in [6.07, 6.45) is 0.105. The van der Waals surface area contributed by atoms with Crippen molar-refractivity contribution in [1.82, 2.24) is 13.9 Å². The number of methoxy groups -OCH3 is 1. The predicted molar refractivity (Wildman–Crippen MR) is 123 cm³/mol. The number of aryl methyl sites for hydroxylation is 2. The molecule has 32 heavy (non-hydrogen) atoms. The Morgan fingerprint density at radius 3 is 2.28 bits per heavy atom. The minimum absolute atomic E-state index is 0.0948. The van der Waals surface area contributed by atoms with Gasteiger partial charge in [0.25, 0.3) is 0 Å². The number of ether oxygens (including phenoxy) is 1. The van der Waals surface area contributed by atoms with Crippen molar-refractivity contribution in [1.29, 1.82) is 0 Å². The number of benzene rings is 2. The number of fused-ring (bicyclic) bond motifs is 1. The van der Waals surface area contributed by atoms with Crippen molar-refractivity contribution >= 4 is 32.7 Å². The zero-order valence-electron chi connectivity index (χ0n) is 18.4. The molecule has 0 radical (unpaired) electrons. The molecule has 0 unspecified atom stereocenters. The second kappa shape index (κ2) is 10.1. The summed E-state index contributed by atoms with van der Waals surface area (Å²) in [5.74, 6) is -0.271. The van der Waals surface area contributed by atoms with Crippen molar-refractivity contribution < 1.29 is 17.9 Å². The summed E-state index contributed by atoms with van der Waals surface area (Å²) < 4.78 is 35.5. The lowest BCUT2D eigenvalue weighted by Gasteiger charge is -2.13. The Balaban J connectivity index is 1.65. The van der Waals surface area contributed by atoms with E-state index in [0.29, 0.717) is 12.2 Å². The second-order valence-electron chi connectivity index (χ2n) is 7.47. The topological polar surface area (TPSA) is 111 Å². The number of amides is 1. The number of hydrogen-bond donors (Lipinski definition) is 2. The van der Waals surface area contributed by atoms with Crippen molar-refractivity contribution in [3.8, 4) is 0 Å². The van der Waals surface area contributed by atoms with Crippen LogP contribution in [0.5, 0.6) is 0 Å². The van der Waals surface area contributed by atoms with Gasteiger partial charge >= 0.3 is 5.69 Å². The third-order valence-corrected chi connectivity index (χ3v) is 6.63. The van der Waals surface area contributed by atoms with E-state index in [4.69, 9.17) is 4.74 Å². The number of anilines is 1. The van der Waals surface area contributed by atoms with Gasteiger partial charge in [0.2, 0.25) is 15.9 Å². The molecule has 2 aromatic carbocycles. The van der Waals surface area contributed by atoms with Crippen LogP contribution in [0, 0.1) is 0 Å². The number of carbonyl (C=O) groups excluding carboxylic acids is 1. The minimum atomic E-state index is -3.68. The number of nitrogens with zero attached hydrogens (tertiary/aromatic N) is 2. The maximum atomic E-state index is 12.7. The molecule has 1 heterocycles. The van der Waals surface area contributed by atoms with Crippen molar-refractivity contribution in [2.45, 2.75) is 44.3 Å². The van der Waals surface area contributed by atoms with Gasteiger partial charge in [0, 0.05) is 38.3 Å². The highest BCUT2D eigenvalue weighted by molar-refractivity contribution is 7.89. The average Bonchev–Trinajstić information content (AvgIpc) is 3.03. The fraction of sp³-hybridized carbons (Fsp3) is 0.364. The fourth-order valence-corrected chi connectivity index (χ4v) is 4.79. The standard InChI is InChI=1S/C22H28N4O5S/c1-4-25-19-7-5-6-8-20(19)26(22(25)28)14-13-21(27)23-17-9-11-18(12-10-17)32(29,30)24-16(2)15-31-3/h5-12,16,24H,4,13-15H2,1-3H3,(H,23,27)/t16-/m1/s1.